The molecule has 0 aliphatic carbocycles. The van der Waals surface area contributed by atoms with Crippen LogP contribution >= 0.6 is 0 Å². The van der Waals surface area contributed by atoms with E-state index in [-0.39, 0.29) is 76.3 Å². The molecule has 0 saturated carbocycles. The van der Waals surface area contributed by atoms with E-state index in [1.54, 1.807) is 0 Å². The Hall–Kier alpha value is -6.66. The summed E-state index contributed by atoms with van der Waals surface area (Å²) in [5.74, 6) is -8.64. The van der Waals surface area contributed by atoms with Crippen molar-refractivity contribution in [3.8, 4) is 23.0 Å². The third-order valence-corrected chi connectivity index (χ3v) is 10.9. The van der Waals surface area contributed by atoms with Crippen molar-refractivity contribution in [2.45, 2.75) is 30.1 Å². The van der Waals surface area contributed by atoms with Gasteiger partial charge in [-0.25, -0.2) is 43.8 Å². The molecule has 62 heavy (non-hydrogen) atoms. The van der Waals surface area contributed by atoms with Crippen LogP contribution in [0.2, 0.25) is 0 Å². The van der Waals surface area contributed by atoms with Gasteiger partial charge in [0.05, 0.1) is 16.4 Å². The van der Waals surface area contributed by atoms with Gasteiger partial charge in [-0.1, -0.05) is 0 Å². The molecule has 0 radical (unpaired) electrons. The number of sulfonamides is 2. The lowest BCUT2D eigenvalue weighted by Gasteiger charge is -2.11. The third kappa shape index (κ3) is 14.0. The number of hydrogen-bond donors (Lipinski definition) is 6. The molecule has 0 spiro atoms. The minimum absolute atomic E-state index is 0.00648. The number of nitrogens with two attached hydrogens (primary N) is 4. The van der Waals surface area contributed by atoms with Crippen molar-refractivity contribution < 1.29 is 58.2 Å². The van der Waals surface area contributed by atoms with E-state index in [2.05, 4.69) is 19.4 Å². The Labute approximate surface area is 353 Å². The standard InChI is InChI=1S/C39H40F4N8O9S2/c1-22(36(52)50-38(44)45)16-24-18-30(40)34(31(41)19-24)59-26-4-8-28(9-5-26)61(54,55)48-12-3-14-58-15-13-49-62(56,57)29-10-6-27(7-11-29)60-35-32(42)20-25(21-33(35)43)17-23(2)37(53)51-39(46)47/h4-11,16-21,48-49H,3,12-15H2,1-2H3,(H4,44,45,50,52)(H4,46,47,51,53)/b22-16+,23-17+. The average molecular weight is 905 g/mol. The van der Waals surface area contributed by atoms with Crippen LogP contribution in [-0.2, 0) is 34.4 Å². The average Bonchev–Trinajstić information content (AvgIpc) is 3.18. The van der Waals surface area contributed by atoms with Crippen molar-refractivity contribution in [3.63, 3.8) is 0 Å². The highest BCUT2D eigenvalue weighted by Gasteiger charge is 2.19. The molecule has 0 saturated heterocycles. The van der Waals surface area contributed by atoms with Crippen LogP contribution in [0.25, 0.3) is 12.2 Å². The van der Waals surface area contributed by atoms with E-state index in [0.29, 0.717) is 0 Å². The van der Waals surface area contributed by atoms with Gasteiger partial charge in [-0.05, 0) is 116 Å². The summed E-state index contributed by atoms with van der Waals surface area (Å²) in [6, 6.07) is 13.1. The van der Waals surface area contributed by atoms with Crippen LogP contribution in [0.3, 0.4) is 0 Å². The summed E-state index contributed by atoms with van der Waals surface area (Å²) < 4.78 is 131. The van der Waals surface area contributed by atoms with Crippen LogP contribution in [0.1, 0.15) is 31.4 Å². The molecular weight excluding hydrogens is 865 g/mol. The number of guanidine groups is 2. The number of ether oxygens (including phenoxy) is 3. The molecular formula is C39H40F4N8O9S2. The molecule has 0 fully saturated rings. The molecule has 330 valence electrons. The second-order valence-corrected chi connectivity index (χ2v) is 16.4. The van der Waals surface area contributed by atoms with Gasteiger partial charge in [-0.3, -0.25) is 9.59 Å². The highest BCUT2D eigenvalue weighted by atomic mass is 32.2. The number of rotatable bonds is 19. The van der Waals surface area contributed by atoms with Gasteiger partial charge < -0.3 is 37.1 Å². The monoisotopic (exact) mass is 904 g/mol. The molecule has 17 nitrogen and oxygen atoms in total. The highest BCUT2D eigenvalue weighted by Crippen LogP contribution is 2.32. The minimum atomic E-state index is -4.03. The van der Waals surface area contributed by atoms with Crippen molar-refractivity contribution in [2.75, 3.05) is 26.3 Å². The van der Waals surface area contributed by atoms with Crippen LogP contribution in [0.15, 0.2) is 104 Å². The number of amides is 2. The zero-order valence-electron chi connectivity index (χ0n) is 32.8. The van der Waals surface area contributed by atoms with Crippen LogP contribution < -0.4 is 41.9 Å². The maximum atomic E-state index is 14.7. The zero-order chi connectivity index (χ0) is 45.8. The lowest BCUT2D eigenvalue weighted by atomic mass is 10.1. The lowest BCUT2D eigenvalue weighted by Crippen LogP contribution is -2.28. The quantitative estimate of drug-likeness (QED) is 0.0256. The number of carbonyl (C=O) groups is 2. The largest absolute Gasteiger partial charge is 0.451 e. The van der Waals surface area contributed by atoms with E-state index < -0.39 is 78.5 Å². The van der Waals surface area contributed by atoms with Gasteiger partial charge in [0.2, 0.25) is 20.0 Å². The van der Waals surface area contributed by atoms with Gasteiger partial charge in [0, 0.05) is 30.8 Å². The van der Waals surface area contributed by atoms with Crippen molar-refractivity contribution >= 4 is 55.9 Å². The number of aliphatic imine (C=N–C) groups is 2. The summed E-state index contributed by atoms with van der Waals surface area (Å²) in [5, 5.41) is 0. The number of carbonyl (C=O) groups excluding carboxylic acids is 2. The summed E-state index contributed by atoms with van der Waals surface area (Å²) in [6.45, 7) is 2.49. The van der Waals surface area contributed by atoms with Gasteiger partial charge in [0.15, 0.2) is 46.7 Å². The number of nitrogens with zero attached hydrogens (tertiary/aromatic N) is 2. The van der Waals surface area contributed by atoms with Crippen LogP contribution in [0.5, 0.6) is 23.0 Å². The van der Waals surface area contributed by atoms with Crippen molar-refractivity contribution in [2.24, 2.45) is 32.9 Å². The van der Waals surface area contributed by atoms with E-state index in [1.165, 1.54) is 50.3 Å². The predicted molar refractivity (Wildman–Crippen MR) is 220 cm³/mol. The first-order chi connectivity index (χ1) is 29.1. The number of hydrogen-bond acceptors (Lipinski definition) is 9. The van der Waals surface area contributed by atoms with Gasteiger partial charge >= 0.3 is 0 Å². The molecule has 0 bridgehead atoms. The predicted octanol–water partition coefficient (Wildman–Crippen LogP) is 3.90. The molecule has 10 N–H and O–H groups in total. The van der Waals surface area contributed by atoms with Crippen molar-refractivity contribution in [1.82, 2.24) is 9.44 Å². The second-order valence-electron chi connectivity index (χ2n) is 12.9. The molecule has 0 heterocycles. The smallest absolute Gasteiger partial charge is 0.275 e. The summed E-state index contributed by atoms with van der Waals surface area (Å²) in [4.78, 5) is 30.1. The second kappa shape index (κ2) is 21.2. The number of benzene rings is 4. The van der Waals surface area contributed by atoms with E-state index in [4.69, 9.17) is 37.1 Å². The van der Waals surface area contributed by atoms with Gasteiger partial charge in [0.1, 0.15) is 11.5 Å². The van der Waals surface area contributed by atoms with Crippen LogP contribution in [-0.4, -0.2) is 66.9 Å². The van der Waals surface area contributed by atoms with Gasteiger partial charge in [-0.15, -0.1) is 0 Å². The summed E-state index contributed by atoms with van der Waals surface area (Å²) >= 11 is 0. The Kier molecular flexibility index (Phi) is 16.4. The fourth-order valence-electron chi connectivity index (χ4n) is 5.06. The summed E-state index contributed by atoms with van der Waals surface area (Å²) in [5.41, 5.74) is 20.7. The molecule has 4 rings (SSSR count). The first kappa shape index (κ1) is 48.0. The Morgan fingerprint density at radius 3 is 1.31 bits per heavy atom. The van der Waals surface area contributed by atoms with Crippen molar-refractivity contribution in [1.29, 1.82) is 0 Å². The van der Waals surface area contributed by atoms with E-state index in [0.717, 1.165) is 48.5 Å². The first-order valence-electron chi connectivity index (χ1n) is 17.9. The Morgan fingerprint density at radius 1 is 0.597 bits per heavy atom. The molecule has 0 atom stereocenters. The molecule has 0 unspecified atom stereocenters. The summed E-state index contributed by atoms with van der Waals surface area (Å²) in [6.07, 6.45) is 2.55. The van der Waals surface area contributed by atoms with E-state index in [9.17, 15) is 44.0 Å². The molecule has 23 heteroatoms. The maximum absolute atomic E-state index is 14.7. The van der Waals surface area contributed by atoms with Crippen LogP contribution in [0, 0.1) is 23.3 Å². The van der Waals surface area contributed by atoms with Crippen LogP contribution in [0.4, 0.5) is 17.6 Å². The molecule has 4 aromatic carbocycles. The highest BCUT2D eigenvalue weighted by molar-refractivity contribution is 7.89. The normalized spacial score (nSPS) is 12.1. The number of halogens is 4. The lowest BCUT2D eigenvalue weighted by molar-refractivity contribution is -0.115. The molecule has 0 aliphatic rings. The van der Waals surface area contributed by atoms with E-state index in [1.807, 2.05) is 0 Å². The third-order valence-electron chi connectivity index (χ3n) is 7.95. The number of nitrogens with one attached hydrogen (secondary N) is 2. The zero-order valence-corrected chi connectivity index (χ0v) is 34.5. The molecule has 0 aliphatic heterocycles. The maximum Gasteiger partial charge on any atom is 0.275 e. The molecule has 0 aromatic heterocycles. The van der Waals surface area contributed by atoms with Gasteiger partial charge in [0.25, 0.3) is 11.8 Å². The molecule has 4 aromatic rings. The Balaban J connectivity index is 1.20. The molecule has 2 amide bonds. The summed E-state index contributed by atoms with van der Waals surface area (Å²) in [7, 11) is -8.05. The fraction of sp³-hybridized carbons (Fsp3) is 0.179. The first-order valence-corrected chi connectivity index (χ1v) is 20.9. The topological polar surface area (TPSA) is 283 Å². The van der Waals surface area contributed by atoms with E-state index >= 15 is 0 Å². The fourth-order valence-corrected chi connectivity index (χ4v) is 7.15. The van der Waals surface area contributed by atoms with Gasteiger partial charge in [-0.2, -0.15) is 9.98 Å². The SMILES string of the molecule is C/C(=C\c1cc(F)c(Oc2ccc(S(=O)(=O)NCCCOCCNS(=O)(=O)c3ccc(Oc4c(F)cc(/C=C(\C)C(=O)N=C(N)N)cc4F)cc3)cc2)c(F)c1)C(=O)N=C(N)N. The Bertz CT molecular complexity index is 2420. The van der Waals surface area contributed by atoms with Crippen molar-refractivity contribution in [3.05, 3.63) is 118 Å². The Morgan fingerprint density at radius 2 is 0.952 bits per heavy atom. The minimum Gasteiger partial charge on any atom is -0.451 e.